The molecule has 0 aliphatic heterocycles. The average Bonchev–Trinajstić information content (AvgIpc) is 2.18. The lowest BCUT2D eigenvalue weighted by atomic mass is 9.90. The molecule has 0 radical (unpaired) electrons. The van der Waals surface area contributed by atoms with Gasteiger partial charge in [-0.1, -0.05) is 17.2 Å². The van der Waals surface area contributed by atoms with Crippen molar-refractivity contribution in [2.45, 2.75) is 40.0 Å². The zero-order valence-corrected chi connectivity index (χ0v) is 9.88. The monoisotopic (exact) mass is 208 g/mol. The summed E-state index contributed by atoms with van der Waals surface area (Å²) in [5.41, 5.74) is 2.57. The lowest BCUT2D eigenvalue weighted by Gasteiger charge is -2.18. The Balaban J connectivity index is 2.32. The van der Waals surface area contributed by atoms with Gasteiger partial charge in [-0.15, -0.1) is 0 Å². The van der Waals surface area contributed by atoms with E-state index in [1.807, 2.05) is 19.9 Å². The normalized spacial score (nSPS) is 20.5. The van der Waals surface area contributed by atoms with Crippen molar-refractivity contribution >= 4 is 5.97 Å². The highest BCUT2D eigenvalue weighted by Crippen LogP contribution is 2.23. The quantitative estimate of drug-likeness (QED) is 0.525. The first-order valence-corrected chi connectivity index (χ1v) is 5.55. The van der Waals surface area contributed by atoms with Crippen LogP contribution in [0.5, 0.6) is 0 Å². The maximum absolute atomic E-state index is 11.6. The summed E-state index contributed by atoms with van der Waals surface area (Å²) in [5, 5.41) is 0. The van der Waals surface area contributed by atoms with E-state index in [-0.39, 0.29) is 11.9 Å². The summed E-state index contributed by atoms with van der Waals surface area (Å²) < 4.78 is 5.18. The molecule has 0 N–H and O–H groups in total. The summed E-state index contributed by atoms with van der Waals surface area (Å²) >= 11 is 0. The standard InChI is InChI=1S/C13H20O2/c1-10(2)8-9-15-13(14)12-6-4-11(3)5-7-12/h4,8,12H,5-7,9H2,1-3H3. The molecule has 1 aliphatic carbocycles. The third-order valence-corrected chi connectivity index (χ3v) is 2.69. The fourth-order valence-corrected chi connectivity index (χ4v) is 1.59. The second kappa shape index (κ2) is 5.74. The van der Waals surface area contributed by atoms with Gasteiger partial charge in [-0.3, -0.25) is 4.79 Å². The Hall–Kier alpha value is -1.05. The molecule has 0 saturated carbocycles. The highest BCUT2D eigenvalue weighted by atomic mass is 16.5. The zero-order valence-electron chi connectivity index (χ0n) is 9.88. The van der Waals surface area contributed by atoms with Gasteiger partial charge in [0.15, 0.2) is 0 Å². The number of carbonyl (C=O) groups is 1. The number of allylic oxidation sites excluding steroid dienone is 3. The van der Waals surface area contributed by atoms with Crippen molar-refractivity contribution in [2.75, 3.05) is 6.61 Å². The van der Waals surface area contributed by atoms with Crippen molar-refractivity contribution in [2.24, 2.45) is 5.92 Å². The van der Waals surface area contributed by atoms with Crippen molar-refractivity contribution in [1.82, 2.24) is 0 Å². The summed E-state index contributed by atoms with van der Waals surface area (Å²) in [7, 11) is 0. The molecule has 1 aliphatic rings. The van der Waals surface area contributed by atoms with Crippen molar-refractivity contribution in [3.63, 3.8) is 0 Å². The lowest BCUT2D eigenvalue weighted by molar-refractivity contribution is -0.147. The maximum Gasteiger partial charge on any atom is 0.309 e. The van der Waals surface area contributed by atoms with Crippen LogP contribution in [0.15, 0.2) is 23.3 Å². The van der Waals surface area contributed by atoms with Crippen LogP contribution < -0.4 is 0 Å². The van der Waals surface area contributed by atoms with Crippen LogP contribution in [0.25, 0.3) is 0 Å². The van der Waals surface area contributed by atoms with Gasteiger partial charge in [-0.25, -0.2) is 0 Å². The minimum atomic E-state index is -0.0451. The first kappa shape index (κ1) is 12.0. The van der Waals surface area contributed by atoms with E-state index in [9.17, 15) is 4.79 Å². The number of hydrogen-bond acceptors (Lipinski definition) is 2. The van der Waals surface area contributed by atoms with Gasteiger partial charge in [0.05, 0.1) is 5.92 Å². The van der Waals surface area contributed by atoms with E-state index < -0.39 is 0 Å². The molecule has 0 spiro atoms. The Bertz CT molecular complexity index is 283. The van der Waals surface area contributed by atoms with Crippen LogP contribution in [-0.2, 0) is 9.53 Å². The predicted molar refractivity (Wildman–Crippen MR) is 61.5 cm³/mol. The Kier molecular flexibility index (Phi) is 4.60. The maximum atomic E-state index is 11.6. The fourth-order valence-electron chi connectivity index (χ4n) is 1.59. The van der Waals surface area contributed by atoms with Gasteiger partial charge in [0, 0.05) is 0 Å². The summed E-state index contributed by atoms with van der Waals surface area (Å²) in [4.78, 5) is 11.6. The molecule has 0 amide bonds. The van der Waals surface area contributed by atoms with Gasteiger partial charge in [-0.05, 0) is 46.1 Å². The molecule has 0 aromatic rings. The van der Waals surface area contributed by atoms with Crippen molar-refractivity contribution in [3.8, 4) is 0 Å². The van der Waals surface area contributed by atoms with Crippen LogP contribution in [0.3, 0.4) is 0 Å². The van der Waals surface area contributed by atoms with Crippen molar-refractivity contribution in [1.29, 1.82) is 0 Å². The number of carbonyl (C=O) groups excluding carboxylic acids is 1. The molecule has 1 unspecified atom stereocenters. The molecule has 2 heteroatoms. The smallest absolute Gasteiger partial charge is 0.309 e. The lowest BCUT2D eigenvalue weighted by Crippen LogP contribution is -2.19. The molecule has 0 fully saturated rings. The summed E-state index contributed by atoms with van der Waals surface area (Å²) in [5.74, 6) is 0.0375. The molecular formula is C13H20O2. The van der Waals surface area contributed by atoms with E-state index in [2.05, 4.69) is 13.0 Å². The molecule has 2 nitrogen and oxygen atoms in total. The molecule has 84 valence electrons. The van der Waals surface area contributed by atoms with Gasteiger partial charge in [0.1, 0.15) is 6.61 Å². The molecule has 0 saturated heterocycles. The van der Waals surface area contributed by atoms with Gasteiger partial charge < -0.3 is 4.74 Å². The van der Waals surface area contributed by atoms with Crippen LogP contribution in [-0.4, -0.2) is 12.6 Å². The Morgan fingerprint density at radius 2 is 2.33 bits per heavy atom. The molecule has 15 heavy (non-hydrogen) atoms. The molecule has 0 aromatic carbocycles. The highest BCUT2D eigenvalue weighted by molar-refractivity contribution is 5.73. The first-order chi connectivity index (χ1) is 7.09. The van der Waals surface area contributed by atoms with Crippen molar-refractivity contribution in [3.05, 3.63) is 23.3 Å². The van der Waals surface area contributed by atoms with Crippen LogP contribution in [0, 0.1) is 5.92 Å². The Morgan fingerprint density at radius 3 is 2.87 bits per heavy atom. The molecular weight excluding hydrogens is 188 g/mol. The van der Waals surface area contributed by atoms with E-state index in [1.54, 1.807) is 0 Å². The molecule has 1 atom stereocenters. The van der Waals surface area contributed by atoms with E-state index in [0.717, 1.165) is 19.3 Å². The Labute approximate surface area is 92.0 Å². The third kappa shape index (κ3) is 4.32. The van der Waals surface area contributed by atoms with Gasteiger partial charge in [-0.2, -0.15) is 0 Å². The minimum Gasteiger partial charge on any atom is -0.461 e. The molecule has 1 rings (SSSR count). The largest absolute Gasteiger partial charge is 0.461 e. The summed E-state index contributed by atoms with van der Waals surface area (Å²) in [6.07, 6.45) is 6.90. The first-order valence-electron chi connectivity index (χ1n) is 5.55. The zero-order chi connectivity index (χ0) is 11.3. The van der Waals surface area contributed by atoms with E-state index in [1.165, 1.54) is 11.1 Å². The topological polar surface area (TPSA) is 26.3 Å². The average molecular weight is 208 g/mol. The highest BCUT2D eigenvalue weighted by Gasteiger charge is 2.21. The summed E-state index contributed by atoms with van der Waals surface area (Å²) in [6, 6.07) is 0. The molecule has 0 bridgehead atoms. The molecule has 0 aromatic heterocycles. The fraction of sp³-hybridized carbons (Fsp3) is 0.615. The van der Waals surface area contributed by atoms with E-state index in [4.69, 9.17) is 4.74 Å². The second-order valence-electron chi connectivity index (χ2n) is 4.43. The van der Waals surface area contributed by atoms with Gasteiger partial charge in [0.2, 0.25) is 0 Å². The van der Waals surface area contributed by atoms with Gasteiger partial charge >= 0.3 is 5.97 Å². The van der Waals surface area contributed by atoms with E-state index >= 15 is 0 Å². The predicted octanol–water partition coefficient (Wildman–Crippen LogP) is 3.24. The van der Waals surface area contributed by atoms with Crippen LogP contribution in [0.4, 0.5) is 0 Å². The second-order valence-corrected chi connectivity index (χ2v) is 4.43. The van der Waals surface area contributed by atoms with Gasteiger partial charge in [0.25, 0.3) is 0 Å². The summed E-state index contributed by atoms with van der Waals surface area (Å²) in [6.45, 7) is 6.53. The Morgan fingerprint density at radius 1 is 1.60 bits per heavy atom. The van der Waals surface area contributed by atoms with Crippen LogP contribution in [0.1, 0.15) is 40.0 Å². The number of esters is 1. The van der Waals surface area contributed by atoms with Crippen LogP contribution >= 0.6 is 0 Å². The van der Waals surface area contributed by atoms with Crippen molar-refractivity contribution < 1.29 is 9.53 Å². The SMILES string of the molecule is CC(C)=CCOC(=O)C1CC=C(C)CC1. The molecule has 0 heterocycles. The minimum absolute atomic E-state index is 0.0451. The number of rotatable bonds is 3. The number of ether oxygens (including phenoxy) is 1. The van der Waals surface area contributed by atoms with Crippen LogP contribution in [0.2, 0.25) is 0 Å². The number of hydrogen-bond donors (Lipinski definition) is 0. The van der Waals surface area contributed by atoms with E-state index in [0.29, 0.717) is 6.61 Å². The third-order valence-electron chi connectivity index (χ3n) is 2.69.